The molecule has 0 aromatic heterocycles. The maximum Gasteiger partial charge on any atom is 0.125 e. The second-order valence-electron chi connectivity index (χ2n) is 4.06. The minimum absolute atomic E-state index is 0.502. The zero-order chi connectivity index (χ0) is 13.7. The van der Waals surface area contributed by atoms with E-state index in [9.17, 15) is 0 Å². The van der Waals surface area contributed by atoms with E-state index in [0.717, 1.165) is 16.9 Å². The van der Waals surface area contributed by atoms with Crippen molar-refractivity contribution in [3.8, 4) is 5.75 Å². The molecule has 2 N–H and O–H groups in total. The summed E-state index contributed by atoms with van der Waals surface area (Å²) in [6.45, 7) is 0.512. The molecule has 0 bridgehead atoms. The molecule has 0 atom stereocenters. The van der Waals surface area contributed by atoms with Gasteiger partial charge in [0.1, 0.15) is 11.6 Å². The van der Waals surface area contributed by atoms with Gasteiger partial charge in [0.25, 0.3) is 0 Å². The Labute approximate surface area is 117 Å². The highest BCUT2D eigenvalue weighted by Crippen LogP contribution is 2.13. The van der Waals surface area contributed by atoms with Gasteiger partial charge in [0.2, 0.25) is 0 Å². The molecule has 2 aromatic carbocycles. The van der Waals surface area contributed by atoms with Gasteiger partial charge in [-0.05, 0) is 42.0 Å². The number of halogens is 1. The van der Waals surface area contributed by atoms with Crippen molar-refractivity contribution in [3.63, 3.8) is 0 Å². The van der Waals surface area contributed by atoms with Crippen LogP contribution in [0.2, 0.25) is 5.02 Å². The van der Waals surface area contributed by atoms with Crippen molar-refractivity contribution in [2.75, 3.05) is 7.11 Å². The summed E-state index contributed by atoms with van der Waals surface area (Å²) < 4.78 is 5.10. The van der Waals surface area contributed by atoms with Crippen LogP contribution in [0, 0.1) is 0 Å². The quantitative estimate of drug-likeness (QED) is 0.687. The Bertz CT molecular complexity index is 579. The van der Waals surface area contributed by atoms with Crippen LogP contribution in [-0.2, 0) is 6.54 Å². The maximum absolute atomic E-state index is 5.95. The Morgan fingerprint density at radius 1 is 1.21 bits per heavy atom. The zero-order valence-corrected chi connectivity index (χ0v) is 11.4. The van der Waals surface area contributed by atoms with Crippen molar-refractivity contribution >= 4 is 17.4 Å². The Balaban J connectivity index is 2.09. The summed E-state index contributed by atoms with van der Waals surface area (Å²) in [5.74, 6) is 1.30. The average Bonchev–Trinajstić information content (AvgIpc) is 2.45. The van der Waals surface area contributed by atoms with Gasteiger partial charge < -0.3 is 10.5 Å². The summed E-state index contributed by atoms with van der Waals surface area (Å²) in [5.41, 5.74) is 7.86. The Morgan fingerprint density at radius 3 is 2.58 bits per heavy atom. The number of nitrogens with zero attached hydrogens (tertiary/aromatic N) is 1. The lowest BCUT2D eigenvalue weighted by Gasteiger charge is -2.04. The van der Waals surface area contributed by atoms with E-state index < -0.39 is 0 Å². The number of nitrogens with two attached hydrogens (primary N) is 1. The van der Waals surface area contributed by atoms with Crippen molar-refractivity contribution in [1.29, 1.82) is 0 Å². The molecule has 0 unspecified atom stereocenters. The number of benzene rings is 2. The molecule has 0 aliphatic carbocycles. The van der Waals surface area contributed by atoms with E-state index >= 15 is 0 Å². The maximum atomic E-state index is 5.95. The van der Waals surface area contributed by atoms with Gasteiger partial charge >= 0.3 is 0 Å². The van der Waals surface area contributed by atoms with Crippen LogP contribution in [0.1, 0.15) is 11.1 Å². The molecule has 19 heavy (non-hydrogen) atoms. The summed E-state index contributed by atoms with van der Waals surface area (Å²) in [6.07, 6.45) is 0. The van der Waals surface area contributed by atoms with Crippen LogP contribution in [-0.4, -0.2) is 12.9 Å². The van der Waals surface area contributed by atoms with Gasteiger partial charge in [-0.3, -0.25) is 4.99 Å². The number of methoxy groups -OCH3 is 1. The lowest BCUT2D eigenvalue weighted by atomic mass is 10.2. The molecule has 0 heterocycles. The first-order chi connectivity index (χ1) is 9.19. The van der Waals surface area contributed by atoms with E-state index in [4.69, 9.17) is 22.1 Å². The fourth-order valence-electron chi connectivity index (χ4n) is 1.66. The lowest BCUT2D eigenvalue weighted by molar-refractivity contribution is 0.415. The molecular formula is C15H15ClN2O. The van der Waals surface area contributed by atoms with Crippen LogP contribution in [0.25, 0.3) is 0 Å². The normalized spacial score (nSPS) is 11.4. The summed E-state index contributed by atoms with van der Waals surface area (Å²) in [5, 5.41) is 0.704. The van der Waals surface area contributed by atoms with Crippen molar-refractivity contribution in [1.82, 2.24) is 0 Å². The molecule has 2 aromatic rings. The summed E-state index contributed by atoms with van der Waals surface area (Å²) >= 11 is 5.92. The molecule has 0 saturated heterocycles. The molecular weight excluding hydrogens is 260 g/mol. The first-order valence-electron chi connectivity index (χ1n) is 5.88. The number of hydrogen-bond acceptors (Lipinski definition) is 2. The highest BCUT2D eigenvalue weighted by atomic mass is 35.5. The predicted octanol–water partition coefficient (Wildman–Crippen LogP) is 3.25. The number of rotatable bonds is 4. The molecule has 4 heteroatoms. The highest BCUT2D eigenvalue weighted by molar-refractivity contribution is 6.30. The van der Waals surface area contributed by atoms with Gasteiger partial charge in [-0.15, -0.1) is 0 Å². The molecule has 3 nitrogen and oxygen atoms in total. The van der Waals surface area contributed by atoms with Crippen LogP contribution in [0.3, 0.4) is 0 Å². The van der Waals surface area contributed by atoms with Crippen LogP contribution in [0.15, 0.2) is 53.5 Å². The van der Waals surface area contributed by atoms with Crippen LogP contribution >= 0.6 is 11.6 Å². The van der Waals surface area contributed by atoms with E-state index in [1.54, 1.807) is 7.11 Å². The largest absolute Gasteiger partial charge is 0.497 e. The van der Waals surface area contributed by atoms with Gasteiger partial charge in [-0.2, -0.15) is 0 Å². The van der Waals surface area contributed by atoms with E-state index in [-0.39, 0.29) is 0 Å². The number of hydrogen-bond donors (Lipinski definition) is 1. The molecule has 0 saturated carbocycles. The third kappa shape index (κ3) is 3.73. The molecule has 0 radical (unpaired) electrons. The molecule has 0 aliphatic heterocycles. The van der Waals surface area contributed by atoms with Crippen molar-refractivity contribution < 1.29 is 4.74 Å². The highest BCUT2D eigenvalue weighted by Gasteiger charge is 1.99. The number of ether oxygens (including phenoxy) is 1. The minimum atomic E-state index is 0.502. The van der Waals surface area contributed by atoms with Gasteiger partial charge in [0, 0.05) is 10.6 Å². The number of aliphatic imine (C=N–C) groups is 1. The van der Waals surface area contributed by atoms with Gasteiger partial charge in [-0.1, -0.05) is 23.7 Å². The predicted molar refractivity (Wildman–Crippen MR) is 78.9 cm³/mol. The fraction of sp³-hybridized carbons (Fsp3) is 0.133. The second kappa shape index (κ2) is 6.25. The SMILES string of the molecule is COc1ccc(C(N)=NCc2cccc(Cl)c2)cc1. The summed E-state index contributed by atoms with van der Waals surface area (Å²) in [7, 11) is 1.63. The van der Waals surface area contributed by atoms with E-state index in [2.05, 4.69) is 4.99 Å². The topological polar surface area (TPSA) is 47.6 Å². The Hall–Kier alpha value is -2.00. The molecule has 2 rings (SSSR count). The van der Waals surface area contributed by atoms with Crippen LogP contribution in [0.4, 0.5) is 0 Å². The van der Waals surface area contributed by atoms with Crippen molar-refractivity contribution in [2.24, 2.45) is 10.7 Å². The smallest absolute Gasteiger partial charge is 0.125 e. The van der Waals surface area contributed by atoms with E-state index in [1.165, 1.54) is 0 Å². The zero-order valence-electron chi connectivity index (χ0n) is 10.6. The van der Waals surface area contributed by atoms with E-state index in [0.29, 0.717) is 17.4 Å². The van der Waals surface area contributed by atoms with Gasteiger partial charge in [0.15, 0.2) is 0 Å². The van der Waals surface area contributed by atoms with Gasteiger partial charge in [0.05, 0.1) is 13.7 Å². The fourth-order valence-corrected chi connectivity index (χ4v) is 1.88. The lowest BCUT2D eigenvalue weighted by Crippen LogP contribution is -2.13. The monoisotopic (exact) mass is 274 g/mol. The molecule has 0 fully saturated rings. The Kier molecular flexibility index (Phi) is 4.42. The van der Waals surface area contributed by atoms with Crippen molar-refractivity contribution in [3.05, 3.63) is 64.7 Å². The van der Waals surface area contributed by atoms with Crippen molar-refractivity contribution in [2.45, 2.75) is 6.54 Å². The van der Waals surface area contributed by atoms with Crippen LogP contribution < -0.4 is 10.5 Å². The average molecular weight is 275 g/mol. The van der Waals surface area contributed by atoms with E-state index in [1.807, 2.05) is 48.5 Å². The molecule has 0 aliphatic rings. The summed E-state index contributed by atoms with van der Waals surface area (Å²) in [4.78, 5) is 4.36. The first kappa shape index (κ1) is 13.4. The minimum Gasteiger partial charge on any atom is -0.497 e. The first-order valence-corrected chi connectivity index (χ1v) is 6.25. The van der Waals surface area contributed by atoms with Crippen LogP contribution in [0.5, 0.6) is 5.75 Å². The Morgan fingerprint density at radius 2 is 1.95 bits per heavy atom. The third-order valence-electron chi connectivity index (χ3n) is 2.71. The number of amidine groups is 1. The second-order valence-corrected chi connectivity index (χ2v) is 4.50. The molecule has 98 valence electrons. The van der Waals surface area contributed by atoms with Gasteiger partial charge in [-0.25, -0.2) is 0 Å². The molecule has 0 spiro atoms. The summed E-state index contributed by atoms with van der Waals surface area (Å²) in [6, 6.07) is 15.1. The third-order valence-corrected chi connectivity index (χ3v) is 2.94. The molecule has 0 amide bonds. The standard InChI is InChI=1S/C15H15ClN2O/c1-19-14-7-5-12(6-8-14)15(17)18-10-11-3-2-4-13(16)9-11/h2-9H,10H2,1H3,(H2,17,18).